The van der Waals surface area contributed by atoms with E-state index in [-0.39, 0.29) is 11.3 Å². The third kappa shape index (κ3) is 4.01. The number of halogens is 1. The van der Waals surface area contributed by atoms with Gasteiger partial charge in [0.05, 0.1) is 11.3 Å². The van der Waals surface area contributed by atoms with Crippen molar-refractivity contribution in [1.29, 1.82) is 0 Å². The second kappa shape index (κ2) is 6.11. The van der Waals surface area contributed by atoms with E-state index < -0.39 is 27.3 Å². The fraction of sp³-hybridized carbons (Fsp3) is 0.500. The summed E-state index contributed by atoms with van der Waals surface area (Å²) in [6.07, 6.45) is 3.31. The van der Waals surface area contributed by atoms with Gasteiger partial charge in [-0.3, -0.25) is 4.79 Å². The van der Waals surface area contributed by atoms with Crippen LogP contribution in [0.2, 0.25) is 0 Å². The average Bonchev–Trinajstić information content (AvgIpc) is 2.38. The lowest BCUT2D eigenvalue weighted by Crippen LogP contribution is -2.50. The molecule has 2 rings (SSSR count). The lowest BCUT2D eigenvalue weighted by Gasteiger charge is -2.36. The molecule has 2 N–H and O–H groups in total. The number of sulfonamides is 1. The van der Waals surface area contributed by atoms with Crippen LogP contribution in [-0.2, 0) is 14.8 Å². The Morgan fingerprint density at radius 1 is 1.19 bits per heavy atom. The molecule has 21 heavy (non-hydrogen) atoms. The number of carboxylic acids is 1. The van der Waals surface area contributed by atoms with Gasteiger partial charge in [0.15, 0.2) is 0 Å². The van der Waals surface area contributed by atoms with Crippen LogP contribution in [0.4, 0.5) is 4.39 Å². The van der Waals surface area contributed by atoms with Gasteiger partial charge in [-0.25, -0.2) is 17.5 Å². The molecule has 1 aliphatic carbocycles. The van der Waals surface area contributed by atoms with E-state index in [9.17, 15) is 17.6 Å². The summed E-state index contributed by atoms with van der Waals surface area (Å²) < 4.78 is 40.2. The molecule has 0 aliphatic heterocycles. The number of benzene rings is 1. The summed E-state index contributed by atoms with van der Waals surface area (Å²) in [6.45, 7) is 0. The van der Waals surface area contributed by atoms with Crippen LogP contribution < -0.4 is 4.72 Å². The average molecular weight is 315 g/mol. The van der Waals surface area contributed by atoms with Gasteiger partial charge in [-0.05, 0) is 37.1 Å². The van der Waals surface area contributed by atoms with Crippen molar-refractivity contribution in [3.05, 3.63) is 30.1 Å². The van der Waals surface area contributed by atoms with E-state index >= 15 is 0 Å². The molecule has 0 saturated heterocycles. The first-order valence-electron chi connectivity index (χ1n) is 6.84. The Morgan fingerprint density at radius 3 is 2.29 bits per heavy atom. The Bertz CT molecular complexity index is 606. The molecule has 116 valence electrons. The molecule has 1 fully saturated rings. The van der Waals surface area contributed by atoms with Crippen LogP contribution in [0.1, 0.15) is 38.5 Å². The first-order valence-corrected chi connectivity index (χ1v) is 8.33. The van der Waals surface area contributed by atoms with Gasteiger partial charge in [-0.1, -0.05) is 19.3 Å². The molecule has 1 aliphatic rings. The molecule has 0 bridgehead atoms. The Hall–Kier alpha value is -1.47. The molecule has 1 aromatic rings. The monoisotopic (exact) mass is 315 g/mol. The van der Waals surface area contributed by atoms with E-state index in [2.05, 4.69) is 4.72 Å². The third-order valence-corrected chi connectivity index (χ3v) is 5.37. The van der Waals surface area contributed by atoms with Crippen molar-refractivity contribution < 1.29 is 22.7 Å². The number of carbonyl (C=O) groups is 1. The highest BCUT2D eigenvalue weighted by Crippen LogP contribution is 2.32. The van der Waals surface area contributed by atoms with E-state index in [1.807, 2.05) is 0 Å². The van der Waals surface area contributed by atoms with Gasteiger partial charge in [0.1, 0.15) is 5.82 Å². The van der Waals surface area contributed by atoms with Gasteiger partial charge in [0.25, 0.3) is 0 Å². The molecule has 0 atom stereocenters. The predicted molar refractivity (Wildman–Crippen MR) is 74.8 cm³/mol. The van der Waals surface area contributed by atoms with Crippen LogP contribution in [0, 0.1) is 5.82 Å². The minimum atomic E-state index is -3.86. The molecule has 0 aromatic heterocycles. The van der Waals surface area contributed by atoms with Crippen molar-refractivity contribution in [1.82, 2.24) is 4.72 Å². The molecule has 7 heteroatoms. The maximum absolute atomic E-state index is 12.9. The highest BCUT2D eigenvalue weighted by atomic mass is 32.2. The Kier molecular flexibility index (Phi) is 4.63. The highest BCUT2D eigenvalue weighted by Gasteiger charge is 2.38. The summed E-state index contributed by atoms with van der Waals surface area (Å²) in [5.41, 5.74) is -0.947. The van der Waals surface area contributed by atoms with Crippen LogP contribution in [0.3, 0.4) is 0 Å². The fourth-order valence-corrected chi connectivity index (χ4v) is 4.25. The molecule has 1 saturated carbocycles. The van der Waals surface area contributed by atoms with Crippen LogP contribution in [0.15, 0.2) is 29.2 Å². The number of rotatable bonds is 5. The predicted octanol–water partition coefficient (Wildman–Crippen LogP) is 2.28. The molecule has 0 radical (unpaired) electrons. The zero-order chi connectivity index (χ0) is 15.5. The number of carboxylic acid groups (broad SMARTS) is 1. The molecular formula is C14H18FNO4S. The Labute approximate surface area is 123 Å². The number of nitrogens with one attached hydrogen (secondary N) is 1. The largest absolute Gasteiger partial charge is 0.481 e. The van der Waals surface area contributed by atoms with Crippen LogP contribution in [-0.4, -0.2) is 25.0 Å². The number of hydrogen-bond acceptors (Lipinski definition) is 3. The number of aliphatic carboxylic acids is 1. The van der Waals surface area contributed by atoms with E-state index in [0.29, 0.717) is 12.8 Å². The minimum absolute atomic E-state index is 0.0563. The maximum atomic E-state index is 12.9. The van der Waals surface area contributed by atoms with Gasteiger partial charge >= 0.3 is 5.97 Å². The van der Waals surface area contributed by atoms with Crippen LogP contribution in [0.5, 0.6) is 0 Å². The lowest BCUT2D eigenvalue weighted by molar-refractivity contribution is -0.138. The zero-order valence-electron chi connectivity index (χ0n) is 11.5. The van der Waals surface area contributed by atoms with E-state index in [4.69, 9.17) is 5.11 Å². The van der Waals surface area contributed by atoms with Gasteiger partial charge < -0.3 is 5.11 Å². The molecule has 0 amide bonds. The summed E-state index contributed by atoms with van der Waals surface area (Å²) in [6, 6.07) is 4.49. The minimum Gasteiger partial charge on any atom is -0.481 e. The second-order valence-corrected chi connectivity index (χ2v) is 7.15. The van der Waals surface area contributed by atoms with Gasteiger partial charge in [-0.2, -0.15) is 0 Å². The zero-order valence-corrected chi connectivity index (χ0v) is 12.3. The first kappa shape index (κ1) is 15.9. The normalized spacial score (nSPS) is 18.3. The van der Waals surface area contributed by atoms with Crippen molar-refractivity contribution in [3.8, 4) is 0 Å². The quantitative estimate of drug-likeness (QED) is 0.873. The topological polar surface area (TPSA) is 83.5 Å². The Morgan fingerprint density at radius 2 is 1.76 bits per heavy atom. The first-order chi connectivity index (χ1) is 9.83. The van der Waals surface area contributed by atoms with Crippen molar-refractivity contribution in [2.75, 3.05) is 0 Å². The van der Waals surface area contributed by atoms with Crippen LogP contribution >= 0.6 is 0 Å². The van der Waals surface area contributed by atoms with Gasteiger partial charge in [-0.15, -0.1) is 0 Å². The van der Waals surface area contributed by atoms with Crippen molar-refractivity contribution in [2.24, 2.45) is 0 Å². The molecule has 1 aromatic carbocycles. The maximum Gasteiger partial charge on any atom is 0.305 e. The van der Waals surface area contributed by atoms with Crippen molar-refractivity contribution >= 4 is 16.0 Å². The molecule has 0 spiro atoms. The van der Waals surface area contributed by atoms with Gasteiger partial charge in [0.2, 0.25) is 10.0 Å². The number of hydrogen-bond donors (Lipinski definition) is 2. The van der Waals surface area contributed by atoms with E-state index in [1.165, 1.54) is 12.1 Å². The standard InChI is InChI=1S/C14H18FNO4S/c15-11-4-6-12(7-5-11)21(19,20)16-14(10-13(17)18)8-2-1-3-9-14/h4-7,16H,1-3,8-10H2,(H,17,18). The molecule has 0 heterocycles. The van der Waals surface area contributed by atoms with E-state index in [0.717, 1.165) is 31.4 Å². The summed E-state index contributed by atoms with van der Waals surface area (Å²) in [7, 11) is -3.86. The highest BCUT2D eigenvalue weighted by molar-refractivity contribution is 7.89. The SMILES string of the molecule is O=C(O)CC1(NS(=O)(=O)c2ccc(F)cc2)CCCCC1. The smallest absolute Gasteiger partial charge is 0.305 e. The summed E-state index contributed by atoms with van der Waals surface area (Å²) in [4.78, 5) is 11.0. The lowest BCUT2D eigenvalue weighted by atomic mass is 9.80. The van der Waals surface area contributed by atoms with Crippen molar-refractivity contribution in [2.45, 2.75) is 49.0 Å². The molecular weight excluding hydrogens is 297 g/mol. The van der Waals surface area contributed by atoms with Crippen LogP contribution in [0.25, 0.3) is 0 Å². The fourth-order valence-electron chi connectivity index (χ4n) is 2.79. The second-order valence-electron chi connectivity index (χ2n) is 5.47. The molecule has 0 unspecified atom stereocenters. The summed E-state index contributed by atoms with van der Waals surface area (Å²) >= 11 is 0. The van der Waals surface area contributed by atoms with Gasteiger partial charge in [0, 0.05) is 5.54 Å². The summed E-state index contributed by atoms with van der Waals surface area (Å²) in [5, 5.41) is 9.05. The summed E-state index contributed by atoms with van der Waals surface area (Å²) in [5.74, 6) is -1.55. The van der Waals surface area contributed by atoms with Crippen molar-refractivity contribution in [3.63, 3.8) is 0 Å². The third-order valence-electron chi connectivity index (χ3n) is 3.78. The Balaban J connectivity index is 2.26. The molecule has 5 nitrogen and oxygen atoms in total. The van der Waals surface area contributed by atoms with E-state index in [1.54, 1.807) is 0 Å².